The van der Waals surface area contributed by atoms with Gasteiger partial charge in [0.25, 0.3) is 0 Å². The number of carbonyl (C=O) groups is 2. The van der Waals surface area contributed by atoms with E-state index in [4.69, 9.17) is 14.9 Å². The molecule has 0 saturated carbocycles. The highest BCUT2D eigenvalue weighted by Gasteiger charge is 2.34. The van der Waals surface area contributed by atoms with Crippen LogP contribution in [0.25, 0.3) is 10.8 Å². The minimum Gasteiger partial charge on any atom is -0.462 e. The van der Waals surface area contributed by atoms with Crippen LogP contribution in [0.5, 0.6) is 5.75 Å². The molecule has 1 aliphatic heterocycles. The maximum atomic E-state index is 13.3. The Labute approximate surface area is 190 Å². The molecule has 1 unspecified atom stereocenters. The lowest BCUT2D eigenvalue weighted by atomic mass is 9.91. The molecule has 164 valence electrons. The molecule has 1 atom stereocenters. The smallest absolute Gasteiger partial charge is 0.341 e. The van der Waals surface area contributed by atoms with Crippen LogP contribution in [0.1, 0.15) is 46.1 Å². The van der Waals surface area contributed by atoms with Gasteiger partial charge in [-0.3, -0.25) is 10.2 Å². The first kappa shape index (κ1) is 20.7. The van der Waals surface area contributed by atoms with E-state index in [2.05, 4.69) is 5.32 Å². The van der Waals surface area contributed by atoms with E-state index in [1.165, 1.54) is 11.3 Å². The second-order valence-corrected chi connectivity index (χ2v) is 9.22. The summed E-state index contributed by atoms with van der Waals surface area (Å²) in [5, 5.41) is 13.9. The van der Waals surface area contributed by atoms with E-state index in [0.717, 1.165) is 52.5 Å². The molecule has 0 spiro atoms. The average Bonchev–Trinajstić information content (AvgIpc) is 3.16. The van der Waals surface area contributed by atoms with Crippen LogP contribution in [0.15, 0.2) is 36.4 Å². The molecule has 3 aromatic rings. The Balaban J connectivity index is 1.46. The maximum absolute atomic E-state index is 13.3. The summed E-state index contributed by atoms with van der Waals surface area (Å²) in [5.41, 5.74) is 2.41. The Bertz CT molecular complexity index is 1250. The Hall–Kier alpha value is -3.19. The molecule has 1 aromatic heterocycles. The highest BCUT2D eigenvalue weighted by Crippen LogP contribution is 2.40. The van der Waals surface area contributed by atoms with Crippen LogP contribution >= 0.6 is 11.3 Å². The summed E-state index contributed by atoms with van der Waals surface area (Å²) in [4.78, 5) is 27.1. The lowest BCUT2D eigenvalue weighted by Gasteiger charge is -2.26. The molecule has 2 aromatic carbocycles. The van der Waals surface area contributed by atoms with Crippen LogP contribution in [-0.2, 0) is 28.8 Å². The van der Waals surface area contributed by atoms with Crippen LogP contribution < -0.4 is 10.1 Å². The van der Waals surface area contributed by atoms with Gasteiger partial charge in [-0.15, -0.1) is 11.3 Å². The zero-order chi connectivity index (χ0) is 22.2. The zero-order valence-electron chi connectivity index (χ0n) is 17.8. The summed E-state index contributed by atoms with van der Waals surface area (Å²) in [7, 11) is 0. The van der Waals surface area contributed by atoms with Crippen molar-refractivity contribution in [2.45, 2.75) is 39.0 Å². The van der Waals surface area contributed by atoms with E-state index in [0.29, 0.717) is 22.7 Å². The Morgan fingerprint density at radius 3 is 2.81 bits per heavy atom. The van der Waals surface area contributed by atoms with Crippen LogP contribution in [-0.4, -0.2) is 24.4 Å². The van der Waals surface area contributed by atoms with Gasteiger partial charge in [-0.1, -0.05) is 30.3 Å². The number of nitrogens with one attached hydrogen (secondary N) is 2. The van der Waals surface area contributed by atoms with Crippen LogP contribution in [0, 0.1) is 11.3 Å². The summed E-state index contributed by atoms with van der Waals surface area (Å²) in [6, 6.07) is 11.8. The largest absolute Gasteiger partial charge is 0.462 e. The van der Waals surface area contributed by atoms with E-state index >= 15 is 0 Å². The number of hydrogen-bond donors (Lipinski definition) is 2. The highest BCUT2D eigenvalue weighted by molar-refractivity contribution is 7.17. The maximum Gasteiger partial charge on any atom is 0.341 e. The number of anilines is 1. The summed E-state index contributed by atoms with van der Waals surface area (Å²) < 4.78 is 11.0. The lowest BCUT2D eigenvalue weighted by Crippen LogP contribution is -2.37. The molecule has 1 amide bonds. The number of thiophene rings is 1. The van der Waals surface area contributed by atoms with Gasteiger partial charge in [0.05, 0.1) is 12.2 Å². The molecule has 5 rings (SSSR count). The van der Waals surface area contributed by atoms with Gasteiger partial charge < -0.3 is 14.8 Å². The SMILES string of the molecule is CCOC(=O)c1c(NC(=O)C2Cc3c(ccc4ccccc34)OC2=N)sc2c1CCCC2. The van der Waals surface area contributed by atoms with Gasteiger partial charge in [-0.05, 0) is 61.4 Å². The monoisotopic (exact) mass is 448 g/mol. The first-order valence-electron chi connectivity index (χ1n) is 11.0. The lowest BCUT2D eigenvalue weighted by molar-refractivity contribution is -0.118. The standard InChI is InChI=1S/C25H24N2O4S/c1-2-30-25(29)21-16-9-5-6-10-20(16)32-24(21)27-23(28)18-13-17-15-8-4-3-7-14(15)11-12-19(17)31-22(18)26/h3-4,7-8,11-12,18,26H,2,5-6,9-10,13H2,1H3,(H,27,28). The van der Waals surface area contributed by atoms with Gasteiger partial charge in [0.2, 0.25) is 5.91 Å². The number of ether oxygens (including phenoxy) is 2. The predicted molar refractivity (Wildman–Crippen MR) is 125 cm³/mol. The molecule has 0 fully saturated rings. The first-order valence-corrected chi connectivity index (χ1v) is 11.8. The fourth-order valence-corrected chi connectivity index (χ4v) is 5.87. The van der Waals surface area contributed by atoms with Gasteiger partial charge in [-0.25, -0.2) is 4.79 Å². The molecule has 0 saturated heterocycles. The van der Waals surface area contributed by atoms with Gasteiger partial charge in [0.15, 0.2) is 5.90 Å². The molecule has 7 heteroatoms. The van der Waals surface area contributed by atoms with Crippen molar-refractivity contribution >= 4 is 44.9 Å². The normalized spacial score (nSPS) is 17.3. The summed E-state index contributed by atoms with van der Waals surface area (Å²) in [6.07, 6.45) is 4.20. The van der Waals surface area contributed by atoms with Crippen molar-refractivity contribution in [3.63, 3.8) is 0 Å². The van der Waals surface area contributed by atoms with E-state index in [1.807, 2.05) is 36.4 Å². The number of hydrogen-bond acceptors (Lipinski definition) is 6. The number of fused-ring (bicyclic) bond motifs is 4. The molecular formula is C25H24N2O4S. The fraction of sp³-hybridized carbons (Fsp3) is 0.320. The topological polar surface area (TPSA) is 88.5 Å². The van der Waals surface area contributed by atoms with Gasteiger partial charge >= 0.3 is 5.97 Å². The van der Waals surface area contributed by atoms with Crippen molar-refractivity contribution in [2.24, 2.45) is 5.92 Å². The van der Waals surface area contributed by atoms with E-state index in [9.17, 15) is 9.59 Å². The number of amides is 1. The average molecular weight is 449 g/mol. The van der Waals surface area contributed by atoms with Crippen LogP contribution in [0.3, 0.4) is 0 Å². The van der Waals surface area contributed by atoms with Crippen LogP contribution in [0.2, 0.25) is 0 Å². The molecule has 0 radical (unpaired) electrons. The predicted octanol–water partition coefficient (Wildman–Crippen LogP) is 5.12. The van der Waals surface area contributed by atoms with E-state index in [1.54, 1.807) is 6.92 Å². The molecule has 2 heterocycles. The van der Waals surface area contributed by atoms with Crippen molar-refractivity contribution in [1.82, 2.24) is 0 Å². The number of benzene rings is 2. The van der Waals surface area contributed by atoms with Crippen molar-refractivity contribution in [2.75, 3.05) is 11.9 Å². The molecule has 6 nitrogen and oxygen atoms in total. The minimum atomic E-state index is -0.762. The Morgan fingerprint density at radius 2 is 1.97 bits per heavy atom. The van der Waals surface area contributed by atoms with Gasteiger partial charge in [0.1, 0.15) is 16.7 Å². The van der Waals surface area contributed by atoms with Gasteiger partial charge in [0, 0.05) is 10.4 Å². The molecule has 32 heavy (non-hydrogen) atoms. The third-order valence-corrected chi connectivity index (χ3v) is 7.35. The van der Waals surface area contributed by atoms with Crippen molar-refractivity contribution < 1.29 is 19.1 Å². The molecule has 2 aliphatic rings. The second-order valence-electron chi connectivity index (χ2n) is 8.11. The Morgan fingerprint density at radius 1 is 1.16 bits per heavy atom. The molecule has 0 bridgehead atoms. The zero-order valence-corrected chi connectivity index (χ0v) is 18.6. The van der Waals surface area contributed by atoms with Gasteiger partial charge in [-0.2, -0.15) is 0 Å². The van der Waals surface area contributed by atoms with E-state index in [-0.39, 0.29) is 18.4 Å². The summed E-state index contributed by atoms with van der Waals surface area (Å²) >= 11 is 1.45. The quantitative estimate of drug-likeness (QED) is 0.542. The van der Waals surface area contributed by atoms with Crippen molar-refractivity contribution in [3.8, 4) is 5.75 Å². The van der Waals surface area contributed by atoms with E-state index < -0.39 is 11.9 Å². The fourth-order valence-electron chi connectivity index (χ4n) is 4.59. The van der Waals surface area contributed by atoms with Crippen molar-refractivity contribution in [1.29, 1.82) is 5.41 Å². The molecular weight excluding hydrogens is 424 g/mol. The number of carbonyl (C=O) groups excluding carboxylic acids is 2. The minimum absolute atomic E-state index is 0.0794. The third kappa shape index (κ3) is 3.56. The number of aryl methyl sites for hydroxylation is 1. The third-order valence-electron chi connectivity index (χ3n) is 6.15. The summed E-state index contributed by atoms with van der Waals surface area (Å²) in [6.45, 7) is 2.05. The Kier molecular flexibility index (Phi) is 5.43. The first-order chi connectivity index (χ1) is 15.6. The number of rotatable bonds is 4. The van der Waals surface area contributed by atoms with Crippen LogP contribution in [0.4, 0.5) is 5.00 Å². The summed E-state index contributed by atoms with van der Waals surface area (Å²) in [5.74, 6) is -0.949. The molecule has 1 aliphatic carbocycles. The molecule has 2 N–H and O–H groups in total. The number of esters is 1. The van der Waals surface area contributed by atoms with Crippen molar-refractivity contribution in [3.05, 3.63) is 58.0 Å². The highest BCUT2D eigenvalue weighted by atomic mass is 32.1. The second kappa shape index (κ2) is 8.39.